The van der Waals surface area contributed by atoms with Crippen LogP contribution in [0, 0.1) is 33.8 Å². The van der Waals surface area contributed by atoms with E-state index in [2.05, 4.69) is 16.7 Å². The topological polar surface area (TPSA) is 96.2 Å². The summed E-state index contributed by atoms with van der Waals surface area (Å²) in [7, 11) is 1.68. The number of phenols is 1. The zero-order valence-electron chi connectivity index (χ0n) is 22.9. The van der Waals surface area contributed by atoms with Crippen molar-refractivity contribution in [2.45, 2.75) is 67.9 Å². The quantitative estimate of drug-likeness (QED) is 0.333. The number of rotatable bonds is 4. The number of piperidine rings is 1. The second-order valence-corrected chi connectivity index (χ2v) is 12.4. The van der Waals surface area contributed by atoms with Gasteiger partial charge in [0.1, 0.15) is 6.10 Å². The molecule has 2 aliphatic heterocycles. The Labute approximate surface area is 240 Å². The minimum absolute atomic E-state index is 0.0739. The number of hydrogen-bond acceptors (Lipinski definition) is 6. The van der Waals surface area contributed by atoms with Crippen LogP contribution in [0.25, 0.3) is 0 Å². The van der Waals surface area contributed by atoms with E-state index in [1.165, 1.54) is 12.1 Å². The maximum Gasteiger partial charge on any atom is 0.416 e. The fourth-order valence-electron chi connectivity index (χ4n) is 8.32. The normalized spacial score (nSPS) is 32.2. The summed E-state index contributed by atoms with van der Waals surface area (Å²) in [6.07, 6.45) is -1.18. The highest BCUT2D eigenvalue weighted by molar-refractivity contribution is 5.94. The molecule has 7 atom stereocenters. The van der Waals surface area contributed by atoms with Crippen LogP contribution >= 0.6 is 0 Å². The maximum absolute atomic E-state index is 13.3. The van der Waals surface area contributed by atoms with Crippen molar-refractivity contribution in [3.63, 3.8) is 0 Å². The van der Waals surface area contributed by atoms with Crippen LogP contribution in [0.2, 0.25) is 0 Å². The fraction of sp³-hybridized carbons (Fsp3) is 0.516. The van der Waals surface area contributed by atoms with Gasteiger partial charge in [-0.2, -0.15) is 13.2 Å². The van der Waals surface area contributed by atoms with Crippen molar-refractivity contribution in [1.82, 2.24) is 9.80 Å². The number of nitro groups is 1. The molecule has 1 N–H and O–H groups in total. The molecule has 3 fully saturated rings. The third-order valence-corrected chi connectivity index (χ3v) is 10.4. The molecule has 220 valence electrons. The summed E-state index contributed by atoms with van der Waals surface area (Å²) in [6, 6.07) is 7.43. The lowest BCUT2D eigenvalue weighted by Gasteiger charge is -2.60. The van der Waals surface area contributed by atoms with Crippen molar-refractivity contribution in [2.24, 2.45) is 11.8 Å². The Hall–Kier alpha value is -3.78. The monoisotopic (exact) mass is 581 g/mol. The highest BCUT2D eigenvalue weighted by atomic mass is 19.4. The van der Waals surface area contributed by atoms with Gasteiger partial charge in [0.15, 0.2) is 11.5 Å². The summed E-state index contributed by atoms with van der Waals surface area (Å²) in [5.41, 5.74) is 1.30. The van der Waals surface area contributed by atoms with Gasteiger partial charge in [0.2, 0.25) is 6.04 Å². The third-order valence-electron chi connectivity index (χ3n) is 10.4. The molecule has 1 spiro atoms. The number of likely N-dealkylation sites (N-methyl/N-ethyl adjacent to an activating group) is 1. The van der Waals surface area contributed by atoms with E-state index >= 15 is 0 Å². The fourth-order valence-corrected chi connectivity index (χ4v) is 8.32. The van der Waals surface area contributed by atoms with E-state index in [-0.39, 0.29) is 34.6 Å². The van der Waals surface area contributed by atoms with Crippen LogP contribution in [0.4, 0.5) is 13.2 Å². The molecule has 1 amide bonds. The summed E-state index contributed by atoms with van der Waals surface area (Å²) in [4.78, 5) is 28.4. The molecule has 7 rings (SSSR count). The predicted octanol–water partition coefficient (Wildman–Crippen LogP) is 3.99. The maximum atomic E-state index is 13.3. The Morgan fingerprint density at radius 1 is 1.24 bits per heavy atom. The molecule has 1 saturated heterocycles. The smallest absolute Gasteiger partial charge is 0.416 e. The minimum atomic E-state index is -4.45. The van der Waals surface area contributed by atoms with Gasteiger partial charge in [0, 0.05) is 59.4 Å². The van der Waals surface area contributed by atoms with Crippen LogP contribution < -0.4 is 4.74 Å². The van der Waals surface area contributed by atoms with Gasteiger partial charge in [0.25, 0.3) is 5.91 Å². The average molecular weight is 582 g/mol. The van der Waals surface area contributed by atoms with Crippen LogP contribution in [0.5, 0.6) is 11.5 Å². The molecule has 5 aliphatic rings. The molecule has 0 radical (unpaired) electrons. The molecule has 2 bridgehead atoms. The van der Waals surface area contributed by atoms with Crippen LogP contribution in [0.3, 0.4) is 0 Å². The number of nitrogens with zero attached hydrogens (tertiary/aromatic N) is 3. The Morgan fingerprint density at radius 2 is 2.00 bits per heavy atom. The molecule has 2 heterocycles. The van der Waals surface area contributed by atoms with Gasteiger partial charge in [-0.1, -0.05) is 12.0 Å². The number of alkyl halides is 3. The number of carbonyl (C=O) groups excluding carboxylic acids is 1. The standard InChI is InChI=1S/C31H30F3N3O5/c1-35(26(39)11-4-17-2-6-20(7-3-17)31(32,33)34)22-9-8-21-24-14-18-5-10-25(38)28-27(18)30(21,29(22)42-28)12-13-36(24)16-19-15-23(19)37(40)41/h2-3,5-7,10,19,21-24,29,38H,8-9,12-16H2,1H3/t19?,21-,22-,23?,24+,29-,30-/m0/s1. The lowest BCUT2D eigenvalue weighted by molar-refractivity contribution is -0.498. The first-order chi connectivity index (χ1) is 20.0. The summed E-state index contributed by atoms with van der Waals surface area (Å²) >= 11 is 0. The van der Waals surface area contributed by atoms with Crippen molar-refractivity contribution in [3.8, 4) is 23.3 Å². The van der Waals surface area contributed by atoms with E-state index in [4.69, 9.17) is 4.74 Å². The lowest BCUT2D eigenvalue weighted by Crippen LogP contribution is -2.69. The molecule has 42 heavy (non-hydrogen) atoms. The molecule has 11 heteroatoms. The van der Waals surface area contributed by atoms with Gasteiger partial charge >= 0.3 is 6.18 Å². The second-order valence-electron chi connectivity index (χ2n) is 12.4. The lowest BCUT2D eigenvalue weighted by atomic mass is 9.51. The van der Waals surface area contributed by atoms with E-state index in [1.807, 2.05) is 6.07 Å². The number of aromatic hydroxyl groups is 1. The molecule has 2 saturated carbocycles. The minimum Gasteiger partial charge on any atom is -0.504 e. The number of halogens is 3. The van der Waals surface area contributed by atoms with Crippen LogP contribution in [-0.4, -0.2) is 70.1 Å². The number of carbonyl (C=O) groups is 1. The zero-order chi connectivity index (χ0) is 29.6. The van der Waals surface area contributed by atoms with Crippen molar-refractivity contribution < 1.29 is 32.7 Å². The van der Waals surface area contributed by atoms with Gasteiger partial charge < -0.3 is 14.7 Å². The van der Waals surface area contributed by atoms with Crippen LogP contribution in [0.1, 0.15) is 47.9 Å². The number of ether oxygens (including phenoxy) is 1. The molecular formula is C31H30F3N3O5. The number of amides is 1. The SMILES string of the molecule is CN(C(=O)C#Cc1ccc(C(F)(F)F)cc1)[C@H]1CC[C@H]2[C@H]3Cc4ccc(O)c5c4[C@@]2(CCN3CC2CC2[N+](=O)[O-])[C@H]1O5. The van der Waals surface area contributed by atoms with Crippen molar-refractivity contribution in [3.05, 3.63) is 68.8 Å². The molecule has 2 aromatic carbocycles. The second kappa shape index (κ2) is 9.36. The Balaban J connectivity index is 1.16. The first-order valence-corrected chi connectivity index (χ1v) is 14.3. The summed E-state index contributed by atoms with van der Waals surface area (Å²) in [5, 5.41) is 22.1. The molecule has 8 nitrogen and oxygen atoms in total. The molecule has 3 aliphatic carbocycles. The third kappa shape index (κ3) is 4.06. The molecule has 2 unspecified atom stereocenters. The summed E-state index contributed by atoms with van der Waals surface area (Å²) < 4.78 is 45.3. The number of hydrogen-bond donors (Lipinski definition) is 1. The predicted molar refractivity (Wildman–Crippen MR) is 144 cm³/mol. The van der Waals surface area contributed by atoms with E-state index in [9.17, 15) is 33.2 Å². The highest BCUT2D eigenvalue weighted by Crippen LogP contribution is 2.64. The summed E-state index contributed by atoms with van der Waals surface area (Å²) in [6.45, 7) is 1.46. The number of likely N-dealkylation sites (tertiary alicyclic amines) is 1. The zero-order valence-corrected chi connectivity index (χ0v) is 22.9. The van der Waals surface area contributed by atoms with Gasteiger partial charge in [0.05, 0.1) is 11.6 Å². The number of benzene rings is 2. The average Bonchev–Trinajstić information content (AvgIpc) is 3.65. The van der Waals surface area contributed by atoms with Crippen LogP contribution in [0.15, 0.2) is 36.4 Å². The highest BCUT2D eigenvalue weighted by Gasteiger charge is 2.67. The molecular weight excluding hydrogens is 551 g/mol. The number of phenolic OH excluding ortho intramolecular Hbond substituents is 1. The van der Waals surface area contributed by atoms with E-state index in [0.717, 1.165) is 49.1 Å². The van der Waals surface area contributed by atoms with Gasteiger partial charge in [-0.3, -0.25) is 19.8 Å². The van der Waals surface area contributed by atoms with Gasteiger partial charge in [-0.25, -0.2) is 0 Å². The Kier molecular flexibility index (Phi) is 6.04. The van der Waals surface area contributed by atoms with Crippen LogP contribution in [-0.2, 0) is 22.8 Å². The first kappa shape index (κ1) is 27.1. The summed E-state index contributed by atoms with van der Waals surface area (Å²) in [5.74, 6) is 5.70. The van der Waals surface area contributed by atoms with Gasteiger partial charge in [-0.15, -0.1) is 0 Å². The van der Waals surface area contributed by atoms with E-state index in [1.54, 1.807) is 18.0 Å². The van der Waals surface area contributed by atoms with E-state index in [0.29, 0.717) is 30.7 Å². The van der Waals surface area contributed by atoms with Crippen molar-refractivity contribution in [2.75, 3.05) is 20.1 Å². The largest absolute Gasteiger partial charge is 0.504 e. The molecule has 0 aromatic heterocycles. The Bertz CT molecular complexity index is 1530. The Morgan fingerprint density at radius 3 is 2.69 bits per heavy atom. The van der Waals surface area contributed by atoms with Crippen molar-refractivity contribution in [1.29, 1.82) is 0 Å². The molecule has 2 aromatic rings. The van der Waals surface area contributed by atoms with E-state index < -0.39 is 35.2 Å². The van der Waals surface area contributed by atoms with Gasteiger partial charge in [-0.05, 0) is 74.0 Å². The van der Waals surface area contributed by atoms with Crippen molar-refractivity contribution >= 4 is 5.91 Å². The first-order valence-electron chi connectivity index (χ1n) is 14.3.